The number of nitrogens with zero attached hydrogens (tertiary/aromatic N) is 6. The van der Waals surface area contributed by atoms with Crippen molar-refractivity contribution in [2.75, 3.05) is 38.7 Å². The second kappa shape index (κ2) is 6.41. The molecule has 3 rings (SSSR count). The minimum atomic E-state index is -0.0523. The third-order valence-electron chi connectivity index (χ3n) is 3.73. The molecule has 0 N–H and O–H groups in total. The molecule has 1 atom stereocenters. The van der Waals surface area contributed by atoms with Crippen molar-refractivity contribution in [2.24, 2.45) is 7.05 Å². The molecule has 2 aromatic rings. The lowest BCUT2D eigenvalue weighted by atomic mass is 10.2. The quantitative estimate of drug-likeness (QED) is 0.834. The van der Waals surface area contributed by atoms with E-state index in [-0.39, 0.29) is 6.10 Å². The maximum absolute atomic E-state index is 5.93. The first-order chi connectivity index (χ1) is 10.6. The van der Waals surface area contributed by atoms with E-state index >= 15 is 0 Å². The summed E-state index contributed by atoms with van der Waals surface area (Å²) >= 11 is 0. The molecule has 2 aromatic heterocycles. The van der Waals surface area contributed by atoms with Gasteiger partial charge >= 0.3 is 0 Å². The molecule has 0 aromatic carbocycles. The molecule has 1 fully saturated rings. The molecule has 0 saturated carbocycles. The van der Waals surface area contributed by atoms with Crippen LogP contribution in [0.5, 0.6) is 0 Å². The number of rotatable bonds is 4. The fourth-order valence-corrected chi connectivity index (χ4v) is 2.70. The lowest BCUT2D eigenvalue weighted by molar-refractivity contribution is -0.0351. The fourth-order valence-electron chi connectivity index (χ4n) is 2.70. The van der Waals surface area contributed by atoms with E-state index in [1.54, 1.807) is 12.4 Å². The van der Waals surface area contributed by atoms with Gasteiger partial charge in [0, 0.05) is 59.4 Å². The molecule has 3 heterocycles. The molecule has 0 aliphatic carbocycles. The zero-order valence-corrected chi connectivity index (χ0v) is 13.3. The molecular formula is C15H22N6O. The predicted molar refractivity (Wildman–Crippen MR) is 83.5 cm³/mol. The van der Waals surface area contributed by atoms with Gasteiger partial charge in [0.1, 0.15) is 11.8 Å². The van der Waals surface area contributed by atoms with Crippen molar-refractivity contribution in [1.82, 2.24) is 24.4 Å². The second-order valence-electron chi connectivity index (χ2n) is 5.78. The molecule has 0 amide bonds. The number of hydrogen-bond donors (Lipinski definition) is 0. The van der Waals surface area contributed by atoms with Crippen LogP contribution in [0.4, 0.5) is 5.82 Å². The zero-order chi connectivity index (χ0) is 15.5. The van der Waals surface area contributed by atoms with Gasteiger partial charge in [0.05, 0.1) is 18.6 Å². The molecule has 22 heavy (non-hydrogen) atoms. The van der Waals surface area contributed by atoms with E-state index in [0.29, 0.717) is 6.61 Å². The van der Waals surface area contributed by atoms with Crippen molar-refractivity contribution in [1.29, 1.82) is 0 Å². The molecule has 1 aliphatic heterocycles. The summed E-state index contributed by atoms with van der Waals surface area (Å²) in [6.07, 6.45) is 7.28. The molecule has 0 bridgehead atoms. The average Bonchev–Trinajstić information content (AvgIpc) is 2.92. The van der Waals surface area contributed by atoms with Crippen LogP contribution in [-0.2, 0) is 18.3 Å². The Balaban J connectivity index is 1.73. The van der Waals surface area contributed by atoms with Gasteiger partial charge in [-0.25, -0.2) is 9.97 Å². The number of ether oxygens (including phenoxy) is 1. The van der Waals surface area contributed by atoms with Crippen molar-refractivity contribution in [3.63, 3.8) is 0 Å². The maximum atomic E-state index is 5.93. The normalized spacial score (nSPS) is 19.3. The molecule has 1 saturated heterocycles. The van der Waals surface area contributed by atoms with E-state index in [4.69, 9.17) is 4.74 Å². The van der Waals surface area contributed by atoms with Gasteiger partial charge in [-0.15, -0.1) is 0 Å². The van der Waals surface area contributed by atoms with Crippen LogP contribution in [0.2, 0.25) is 0 Å². The number of hydrogen-bond acceptors (Lipinski definition) is 6. The van der Waals surface area contributed by atoms with Gasteiger partial charge in [-0.3, -0.25) is 9.88 Å². The summed E-state index contributed by atoms with van der Waals surface area (Å²) in [5.74, 6) is 0.868. The van der Waals surface area contributed by atoms with E-state index in [1.807, 2.05) is 36.9 Å². The Bertz CT molecular complexity index is 626. The highest BCUT2D eigenvalue weighted by Crippen LogP contribution is 2.26. The maximum Gasteiger partial charge on any atom is 0.152 e. The lowest BCUT2D eigenvalue weighted by Crippen LogP contribution is -2.38. The van der Waals surface area contributed by atoms with Crippen LogP contribution in [0.15, 0.2) is 24.9 Å². The Kier molecular flexibility index (Phi) is 4.35. The molecule has 1 aliphatic rings. The average molecular weight is 302 g/mol. The minimum Gasteiger partial charge on any atom is -0.369 e. The Morgan fingerprint density at radius 3 is 2.82 bits per heavy atom. The number of anilines is 1. The Hall–Kier alpha value is -1.99. The standard InChI is InChI=1S/C15H22N6O/c1-19(2)15-14(16-4-5-17-15)13-10-21(6-7-22-13)9-12-8-20(3)11-18-12/h4-5,8,11,13H,6-7,9-10H2,1-3H3/t13-/m1/s1. The topological polar surface area (TPSA) is 59.3 Å². The van der Waals surface area contributed by atoms with Crippen molar-refractivity contribution < 1.29 is 4.74 Å². The first-order valence-corrected chi connectivity index (χ1v) is 7.42. The summed E-state index contributed by atoms with van der Waals surface area (Å²) in [5.41, 5.74) is 1.98. The van der Waals surface area contributed by atoms with Gasteiger partial charge in [-0.1, -0.05) is 0 Å². The van der Waals surface area contributed by atoms with Crippen LogP contribution in [0.3, 0.4) is 0 Å². The van der Waals surface area contributed by atoms with Crippen LogP contribution in [0.1, 0.15) is 17.5 Å². The molecule has 0 radical (unpaired) electrons. The first kappa shape index (κ1) is 14.9. The number of morpholine rings is 1. The second-order valence-corrected chi connectivity index (χ2v) is 5.78. The van der Waals surface area contributed by atoms with Crippen molar-refractivity contribution >= 4 is 5.82 Å². The van der Waals surface area contributed by atoms with E-state index in [0.717, 1.165) is 36.8 Å². The summed E-state index contributed by atoms with van der Waals surface area (Å²) < 4.78 is 7.90. The van der Waals surface area contributed by atoms with E-state index in [2.05, 4.69) is 26.0 Å². The van der Waals surface area contributed by atoms with Crippen LogP contribution >= 0.6 is 0 Å². The smallest absolute Gasteiger partial charge is 0.152 e. The Labute approximate surface area is 130 Å². The van der Waals surface area contributed by atoms with Gasteiger partial charge < -0.3 is 14.2 Å². The molecule has 118 valence electrons. The van der Waals surface area contributed by atoms with Gasteiger partial charge in [0.25, 0.3) is 0 Å². The highest BCUT2D eigenvalue weighted by molar-refractivity contribution is 5.42. The van der Waals surface area contributed by atoms with Crippen LogP contribution in [0, 0.1) is 0 Å². The van der Waals surface area contributed by atoms with Crippen LogP contribution < -0.4 is 4.90 Å². The van der Waals surface area contributed by atoms with Crippen LogP contribution in [-0.4, -0.2) is 58.2 Å². The summed E-state index contributed by atoms with van der Waals surface area (Å²) in [5, 5.41) is 0. The fraction of sp³-hybridized carbons (Fsp3) is 0.533. The van der Waals surface area contributed by atoms with Gasteiger partial charge in [0.2, 0.25) is 0 Å². The molecule has 7 nitrogen and oxygen atoms in total. The zero-order valence-electron chi connectivity index (χ0n) is 13.3. The summed E-state index contributed by atoms with van der Waals surface area (Å²) in [7, 11) is 5.94. The lowest BCUT2D eigenvalue weighted by Gasteiger charge is -2.33. The number of aromatic nitrogens is 4. The van der Waals surface area contributed by atoms with Gasteiger partial charge in [-0.05, 0) is 0 Å². The van der Waals surface area contributed by atoms with Gasteiger partial charge in [-0.2, -0.15) is 0 Å². The monoisotopic (exact) mass is 302 g/mol. The predicted octanol–water partition coefficient (Wildman–Crippen LogP) is 0.850. The molecular weight excluding hydrogens is 280 g/mol. The Morgan fingerprint density at radius 1 is 1.27 bits per heavy atom. The first-order valence-electron chi connectivity index (χ1n) is 7.42. The summed E-state index contributed by atoms with van der Waals surface area (Å²) in [4.78, 5) is 17.6. The molecule has 0 unspecified atom stereocenters. The summed E-state index contributed by atoms with van der Waals surface area (Å²) in [6.45, 7) is 3.24. The number of aryl methyl sites for hydroxylation is 1. The molecule has 0 spiro atoms. The highest BCUT2D eigenvalue weighted by Gasteiger charge is 2.26. The van der Waals surface area contributed by atoms with Crippen LogP contribution in [0.25, 0.3) is 0 Å². The van der Waals surface area contributed by atoms with Crippen molar-refractivity contribution in [3.05, 3.63) is 36.3 Å². The van der Waals surface area contributed by atoms with Crippen molar-refractivity contribution in [2.45, 2.75) is 12.6 Å². The summed E-state index contributed by atoms with van der Waals surface area (Å²) in [6, 6.07) is 0. The van der Waals surface area contributed by atoms with Crippen molar-refractivity contribution in [3.8, 4) is 0 Å². The minimum absolute atomic E-state index is 0.0523. The molecule has 7 heteroatoms. The van der Waals surface area contributed by atoms with E-state index in [9.17, 15) is 0 Å². The highest BCUT2D eigenvalue weighted by atomic mass is 16.5. The Morgan fingerprint density at radius 2 is 2.09 bits per heavy atom. The SMILES string of the molecule is CN(C)c1nccnc1[C@H]1CN(Cc2cn(C)cn2)CCO1. The third-order valence-corrected chi connectivity index (χ3v) is 3.73. The largest absolute Gasteiger partial charge is 0.369 e. The number of imidazole rings is 1. The van der Waals surface area contributed by atoms with E-state index in [1.165, 1.54) is 0 Å². The third kappa shape index (κ3) is 3.26. The van der Waals surface area contributed by atoms with E-state index < -0.39 is 0 Å². The van der Waals surface area contributed by atoms with Gasteiger partial charge in [0.15, 0.2) is 5.82 Å².